The number of piperidine rings is 1. The molecule has 0 radical (unpaired) electrons. The van der Waals surface area contributed by atoms with Crippen LogP contribution in [0.1, 0.15) is 24.4 Å². The molecule has 0 aliphatic carbocycles. The maximum Gasteiger partial charge on any atom is 0.121 e. The van der Waals surface area contributed by atoms with Crippen LogP contribution in [0.15, 0.2) is 42.5 Å². The maximum absolute atomic E-state index is 5.52. The van der Waals surface area contributed by atoms with Gasteiger partial charge in [0.1, 0.15) is 5.75 Å². The molecular weight excluding hydrogens is 310 g/mol. The van der Waals surface area contributed by atoms with E-state index in [1.807, 2.05) is 0 Å². The minimum atomic E-state index is 0.396. The summed E-state index contributed by atoms with van der Waals surface area (Å²) in [6.07, 6.45) is 2.33. The molecule has 0 saturated carbocycles. The van der Waals surface area contributed by atoms with Gasteiger partial charge < -0.3 is 19.4 Å². The smallest absolute Gasteiger partial charge is 0.121 e. The monoisotopic (exact) mass is 337 g/mol. The Bertz CT molecular complexity index is 773. The zero-order valence-corrected chi connectivity index (χ0v) is 15.6. The van der Waals surface area contributed by atoms with Gasteiger partial charge in [-0.15, -0.1) is 0 Å². The van der Waals surface area contributed by atoms with E-state index in [2.05, 4.69) is 78.3 Å². The average molecular weight is 337 g/mol. The molecule has 25 heavy (non-hydrogen) atoms. The fraction of sp³-hybridized carbons (Fsp3) is 0.429. The lowest BCUT2D eigenvalue weighted by molar-refractivity contribution is 0.225. The molecule has 2 unspecified atom stereocenters. The summed E-state index contributed by atoms with van der Waals surface area (Å²) in [5, 5.41) is 0. The quantitative estimate of drug-likeness (QED) is 0.823. The van der Waals surface area contributed by atoms with Crippen LogP contribution in [0.4, 0.5) is 17.1 Å². The highest BCUT2D eigenvalue weighted by Crippen LogP contribution is 2.49. The summed E-state index contributed by atoms with van der Waals surface area (Å²) in [5.74, 6) is 0.923. The third kappa shape index (κ3) is 2.65. The lowest BCUT2D eigenvalue weighted by atomic mass is 9.90. The maximum atomic E-state index is 5.52. The summed E-state index contributed by atoms with van der Waals surface area (Å²) < 4.78 is 5.52. The zero-order chi connectivity index (χ0) is 17.6. The van der Waals surface area contributed by atoms with Crippen LogP contribution in [0.2, 0.25) is 0 Å². The highest BCUT2D eigenvalue weighted by atomic mass is 16.5. The molecule has 4 heteroatoms. The van der Waals surface area contributed by atoms with Gasteiger partial charge >= 0.3 is 0 Å². The summed E-state index contributed by atoms with van der Waals surface area (Å²) in [4.78, 5) is 7.29. The zero-order valence-electron chi connectivity index (χ0n) is 15.6. The summed E-state index contributed by atoms with van der Waals surface area (Å²) >= 11 is 0. The molecule has 1 saturated heterocycles. The summed E-state index contributed by atoms with van der Waals surface area (Å²) in [6, 6.07) is 16.3. The average Bonchev–Trinajstić information content (AvgIpc) is 2.75. The molecule has 4 nitrogen and oxygen atoms in total. The van der Waals surface area contributed by atoms with Gasteiger partial charge in [0.05, 0.1) is 24.5 Å². The molecule has 2 aliphatic heterocycles. The second-order valence-corrected chi connectivity index (χ2v) is 7.32. The predicted molar refractivity (Wildman–Crippen MR) is 104 cm³/mol. The van der Waals surface area contributed by atoms with Crippen molar-refractivity contribution in [3.8, 4) is 5.75 Å². The molecule has 0 amide bonds. The molecule has 0 N–H and O–H groups in total. The lowest BCUT2D eigenvalue weighted by Crippen LogP contribution is -2.43. The van der Waals surface area contributed by atoms with Gasteiger partial charge in [-0.2, -0.15) is 0 Å². The van der Waals surface area contributed by atoms with Crippen LogP contribution < -0.4 is 14.5 Å². The lowest BCUT2D eigenvalue weighted by Gasteiger charge is -2.42. The molecule has 0 spiro atoms. The molecule has 1 fully saturated rings. The molecule has 2 heterocycles. The van der Waals surface area contributed by atoms with Crippen LogP contribution in [0.3, 0.4) is 0 Å². The van der Waals surface area contributed by atoms with E-state index in [0.717, 1.165) is 18.7 Å². The fourth-order valence-corrected chi connectivity index (χ4v) is 4.35. The highest BCUT2D eigenvalue weighted by molar-refractivity contribution is 5.82. The Morgan fingerprint density at radius 1 is 1.04 bits per heavy atom. The molecule has 2 aromatic carbocycles. The second kappa shape index (κ2) is 6.26. The van der Waals surface area contributed by atoms with Gasteiger partial charge in [-0.3, -0.25) is 0 Å². The van der Waals surface area contributed by atoms with Gasteiger partial charge in [-0.05, 0) is 50.7 Å². The Morgan fingerprint density at radius 3 is 2.60 bits per heavy atom. The van der Waals surface area contributed by atoms with E-state index >= 15 is 0 Å². The van der Waals surface area contributed by atoms with Gasteiger partial charge in [-0.25, -0.2) is 0 Å². The van der Waals surface area contributed by atoms with Crippen LogP contribution in [-0.2, 0) is 0 Å². The normalized spacial score (nSPS) is 22.1. The van der Waals surface area contributed by atoms with Gasteiger partial charge in [-0.1, -0.05) is 18.2 Å². The van der Waals surface area contributed by atoms with Crippen molar-refractivity contribution < 1.29 is 4.74 Å². The predicted octanol–water partition coefficient (Wildman–Crippen LogP) is 4.05. The van der Waals surface area contributed by atoms with E-state index < -0.39 is 0 Å². The van der Waals surface area contributed by atoms with Crippen molar-refractivity contribution in [2.45, 2.75) is 24.9 Å². The van der Waals surface area contributed by atoms with Crippen LogP contribution in [0, 0.1) is 0 Å². The van der Waals surface area contributed by atoms with Gasteiger partial charge in [0.15, 0.2) is 0 Å². The van der Waals surface area contributed by atoms with E-state index in [9.17, 15) is 0 Å². The first-order valence-corrected chi connectivity index (χ1v) is 9.04. The molecule has 0 aromatic heterocycles. The van der Waals surface area contributed by atoms with E-state index in [1.165, 1.54) is 29.0 Å². The van der Waals surface area contributed by atoms with Crippen molar-refractivity contribution in [2.24, 2.45) is 0 Å². The molecule has 132 valence electrons. The number of ether oxygens (including phenoxy) is 1. The van der Waals surface area contributed by atoms with Crippen molar-refractivity contribution in [2.75, 3.05) is 44.6 Å². The summed E-state index contributed by atoms with van der Waals surface area (Å²) in [6.45, 7) is 1.07. The third-order valence-electron chi connectivity index (χ3n) is 5.82. The SMILES string of the molecule is COc1ccc2c(c1)N1CCC(N(C)C)CC1c1ccccc1N2C. The van der Waals surface area contributed by atoms with Gasteiger partial charge in [0, 0.05) is 31.4 Å². The second-order valence-electron chi connectivity index (χ2n) is 7.32. The number of methoxy groups -OCH3 is 1. The Labute approximate surface area is 150 Å². The molecule has 2 aromatic rings. The van der Waals surface area contributed by atoms with Crippen molar-refractivity contribution >= 4 is 17.1 Å². The van der Waals surface area contributed by atoms with E-state index in [4.69, 9.17) is 4.74 Å². The first-order valence-electron chi connectivity index (χ1n) is 9.04. The molecular formula is C21H27N3O. The molecule has 4 rings (SSSR count). The number of benzene rings is 2. The van der Waals surface area contributed by atoms with Crippen LogP contribution in [-0.4, -0.2) is 45.7 Å². The number of hydrogen-bond donors (Lipinski definition) is 0. The Morgan fingerprint density at radius 2 is 1.84 bits per heavy atom. The first-order chi connectivity index (χ1) is 12.1. The minimum Gasteiger partial charge on any atom is -0.497 e. The largest absolute Gasteiger partial charge is 0.497 e. The van der Waals surface area contributed by atoms with Crippen molar-refractivity contribution in [3.05, 3.63) is 48.0 Å². The van der Waals surface area contributed by atoms with Crippen molar-refractivity contribution in [3.63, 3.8) is 0 Å². The number of nitrogens with zero attached hydrogens (tertiary/aromatic N) is 3. The number of para-hydroxylation sites is 1. The number of anilines is 3. The van der Waals surface area contributed by atoms with Crippen LogP contribution in [0.25, 0.3) is 0 Å². The molecule has 2 aliphatic rings. The molecule has 2 atom stereocenters. The highest BCUT2D eigenvalue weighted by Gasteiger charge is 2.36. The van der Waals surface area contributed by atoms with E-state index in [0.29, 0.717) is 12.1 Å². The minimum absolute atomic E-state index is 0.396. The standard InChI is InChI=1S/C21H27N3O/c1-22(2)15-11-12-24-20(13-15)17-7-5-6-8-18(17)23(3)19-10-9-16(25-4)14-21(19)24/h5-10,14-15,20H,11-13H2,1-4H3. The number of rotatable bonds is 2. The van der Waals surface area contributed by atoms with E-state index in [-0.39, 0.29) is 0 Å². The van der Waals surface area contributed by atoms with Crippen molar-refractivity contribution in [1.82, 2.24) is 4.90 Å². The van der Waals surface area contributed by atoms with Crippen molar-refractivity contribution in [1.29, 1.82) is 0 Å². The first kappa shape index (κ1) is 16.3. The Kier molecular flexibility index (Phi) is 4.08. The number of hydrogen-bond acceptors (Lipinski definition) is 4. The van der Waals surface area contributed by atoms with Gasteiger partial charge in [0.25, 0.3) is 0 Å². The fourth-order valence-electron chi connectivity index (χ4n) is 4.35. The molecule has 0 bridgehead atoms. The number of fused-ring (bicyclic) bond motifs is 5. The van der Waals surface area contributed by atoms with Gasteiger partial charge in [0.2, 0.25) is 0 Å². The Hall–Kier alpha value is -2.20. The summed E-state index contributed by atoms with van der Waals surface area (Å²) in [5.41, 5.74) is 5.26. The van der Waals surface area contributed by atoms with E-state index in [1.54, 1.807) is 7.11 Å². The Balaban J connectivity index is 1.88. The third-order valence-corrected chi connectivity index (χ3v) is 5.82. The van der Waals surface area contributed by atoms with Crippen LogP contribution in [0.5, 0.6) is 5.75 Å². The summed E-state index contributed by atoms with van der Waals surface area (Å²) in [7, 11) is 8.32. The van der Waals surface area contributed by atoms with Crippen LogP contribution >= 0.6 is 0 Å². The topological polar surface area (TPSA) is 19.0 Å².